The molecule has 5 rings (SSSR count). The first-order valence-corrected chi connectivity index (χ1v) is 9.72. The van der Waals surface area contributed by atoms with Crippen molar-refractivity contribution >= 4 is 44.4 Å². The molecular weight excluding hydrogens is 346 g/mol. The molecule has 0 aliphatic carbocycles. The molecule has 6 nitrogen and oxygen atoms in total. The van der Waals surface area contributed by atoms with E-state index in [1.54, 1.807) is 17.7 Å². The first kappa shape index (κ1) is 15.6. The Labute approximate surface area is 154 Å². The molecular formula is C19H19N5OS. The number of fused-ring (bicyclic) bond motifs is 3. The van der Waals surface area contributed by atoms with Crippen LogP contribution >= 0.6 is 11.3 Å². The van der Waals surface area contributed by atoms with E-state index >= 15 is 0 Å². The Hall–Kier alpha value is -2.67. The van der Waals surface area contributed by atoms with Gasteiger partial charge in [0.25, 0.3) is 0 Å². The Morgan fingerprint density at radius 1 is 1.19 bits per heavy atom. The molecule has 132 valence electrons. The molecule has 4 heterocycles. The molecule has 7 heteroatoms. The molecule has 1 N–H and O–H groups in total. The number of nitrogens with zero attached hydrogens (tertiary/aromatic N) is 4. The molecule has 26 heavy (non-hydrogen) atoms. The number of benzene rings is 1. The fraction of sp³-hybridized carbons (Fsp3) is 0.316. The molecule has 0 radical (unpaired) electrons. The second-order valence-electron chi connectivity index (χ2n) is 6.67. The largest absolute Gasteiger partial charge is 0.450 e. The number of para-hydroxylation sites is 1. The summed E-state index contributed by atoms with van der Waals surface area (Å²) in [6, 6.07) is 8.47. The van der Waals surface area contributed by atoms with Crippen molar-refractivity contribution < 1.29 is 4.42 Å². The van der Waals surface area contributed by atoms with Gasteiger partial charge in [-0.25, -0.2) is 15.0 Å². The van der Waals surface area contributed by atoms with Gasteiger partial charge in [0.2, 0.25) is 0 Å². The first-order valence-electron chi connectivity index (χ1n) is 8.84. The molecule has 0 atom stereocenters. The van der Waals surface area contributed by atoms with E-state index in [0.717, 1.165) is 64.6 Å². The van der Waals surface area contributed by atoms with Gasteiger partial charge in [-0.05, 0) is 31.9 Å². The predicted octanol–water partition coefficient (Wildman–Crippen LogP) is 4.22. The fourth-order valence-corrected chi connectivity index (χ4v) is 4.33. The smallest absolute Gasteiger partial charge is 0.196 e. The molecule has 1 aliphatic rings. The van der Waals surface area contributed by atoms with Crippen molar-refractivity contribution in [2.24, 2.45) is 0 Å². The quantitative estimate of drug-likeness (QED) is 0.586. The minimum absolute atomic E-state index is 0.449. The van der Waals surface area contributed by atoms with Crippen LogP contribution in [0.15, 0.2) is 40.4 Å². The lowest BCUT2D eigenvalue weighted by molar-refractivity contribution is 0.521. The normalized spacial score (nSPS) is 15.8. The lowest BCUT2D eigenvalue weighted by Gasteiger charge is -2.32. The monoisotopic (exact) mass is 365 g/mol. The summed E-state index contributed by atoms with van der Waals surface area (Å²) in [6.45, 7) is 3.90. The second-order valence-corrected chi connectivity index (χ2v) is 7.53. The van der Waals surface area contributed by atoms with Crippen LogP contribution < -0.4 is 10.2 Å². The maximum absolute atomic E-state index is 6.07. The molecule has 1 aromatic carbocycles. The Kier molecular flexibility index (Phi) is 3.74. The maximum Gasteiger partial charge on any atom is 0.196 e. The van der Waals surface area contributed by atoms with Crippen molar-refractivity contribution in [1.82, 2.24) is 15.0 Å². The summed E-state index contributed by atoms with van der Waals surface area (Å²) in [5.74, 6) is 0.898. The van der Waals surface area contributed by atoms with Crippen molar-refractivity contribution in [3.8, 4) is 0 Å². The molecule has 3 aromatic heterocycles. The van der Waals surface area contributed by atoms with Crippen LogP contribution in [0.4, 0.5) is 10.9 Å². The van der Waals surface area contributed by atoms with E-state index in [0.29, 0.717) is 6.04 Å². The van der Waals surface area contributed by atoms with Crippen molar-refractivity contribution in [2.75, 3.05) is 23.3 Å². The van der Waals surface area contributed by atoms with E-state index in [-0.39, 0.29) is 0 Å². The number of furan rings is 1. The van der Waals surface area contributed by atoms with E-state index in [9.17, 15) is 0 Å². The third-order valence-electron chi connectivity index (χ3n) is 4.88. The van der Waals surface area contributed by atoms with Crippen LogP contribution in [0.1, 0.15) is 18.5 Å². The van der Waals surface area contributed by atoms with Gasteiger partial charge in [0.05, 0.1) is 5.69 Å². The van der Waals surface area contributed by atoms with Crippen molar-refractivity contribution in [1.29, 1.82) is 0 Å². The number of aromatic nitrogens is 3. The number of nitrogens with one attached hydrogen (secondary N) is 1. The summed E-state index contributed by atoms with van der Waals surface area (Å²) in [4.78, 5) is 15.8. The van der Waals surface area contributed by atoms with Gasteiger partial charge in [-0.2, -0.15) is 0 Å². The van der Waals surface area contributed by atoms with Gasteiger partial charge in [-0.1, -0.05) is 12.1 Å². The Morgan fingerprint density at radius 3 is 2.85 bits per heavy atom. The van der Waals surface area contributed by atoms with Gasteiger partial charge in [0, 0.05) is 29.9 Å². The second kappa shape index (κ2) is 6.25. The molecule has 4 aromatic rings. The van der Waals surface area contributed by atoms with Gasteiger partial charge in [0.15, 0.2) is 16.5 Å². The van der Waals surface area contributed by atoms with Crippen LogP contribution in [0.2, 0.25) is 0 Å². The highest BCUT2D eigenvalue weighted by molar-refractivity contribution is 7.13. The average molecular weight is 365 g/mol. The number of aryl methyl sites for hydroxylation is 1. The van der Waals surface area contributed by atoms with Crippen molar-refractivity contribution in [3.05, 3.63) is 41.7 Å². The molecule has 0 bridgehead atoms. The van der Waals surface area contributed by atoms with Gasteiger partial charge in [-0.3, -0.25) is 0 Å². The summed E-state index contributed by atoms with van der Waals surface area (Å²) < 4.78 is 6.07. The molecule has 1 fully saturated rings. The average Bonchev–Trinajstić information content (AvgIpc) is 3.25. The van der Waals surface area contributed by atoms with Crippen LogP contribution in [-0.2, 0) is 0 Å². The van der Waals surface area contributed by atoms with E-state index in [4.69, 9.17) is 4.42 Å². The minimum atomic E-state index is 0.449. The molecule has 1 saturated heterocycles. The number of hydrogen-bond acceptors (Lipinski definition) is 7. The molecule has 0 saturated carbocycles. The van der Waals surface area contributed by atoms with Crippen molar-refractivity contribution in [3.63, 3.8) is 0 Å². The van der Waals surface area contributed by atoms with Crippen LogP contribution in [0.5, 0.6) is 0 Å². The predicted molar refractivity (Wildman–Crippen MR) is 105 cm³/mol. The van der Waals surface area contributed by atoms with E-state index in [1.807, 2.05) is 31.2 Å². The number of anilines is 2. The van der Waals surface area contributed by atoms with Crippen LogP contribution in [0.3, 0.4) is 0 Å². The number of hydrogen-bond donors (Lipinski definition) is 1. The van der Waals surface area contributed by atoms with Crippen LogP contribution in [0.25, 0.3) is 22.1 Å². The SMILES string of the molecule is Cc1csc(NC2CCN(c3ncnc4c3oc3ccccc34)CC2)n1. The minimum Gasteiger partial charge on any atom is -0.450 e. The maximum atomic E-state index is 6.07. The van der Waals surface area contributed by atoms with Crippen LogP contribution in [0, 0.1) is 6.92 Å². The van der Waals surface area contributed by atoms with E-state index in [1.165, 1.54) is 0 Å². The van der Waals surface area contributed by atoms with E-state index < -0.39 is 0 Å². The summed E-state index contributed by atoms with van der Waals surface area (Å²) in [5.41, 5.74) is 3.61. The summed E-state index contributed by atoms with van der Waals surface area (Å²) in [5, 5.41) is 7.70. The Balaban J connectivity index is 1.38. The van der Waals surface area contributed by atoms with Crippen LogP contribution in [-0.4, -0.2) is 34.1 Å². The van der Waals surface area contributed by atoms with Gasteiger partial charge < -0.3 is 14.6 Å². The Morgan fingerprint density at radius 2 is 2.04 bits per heavy atom. The standard InChI is InChI=1S/C19H19N5OS/c1-12-10-26-19(22-12)23-13-6-8-24(9-7-13)18-17-16(20-11-21-18)14-4-2-3-5-15(14)25-17/h2-5,10-11,13H,6-9H2,1H3,(H,22,23). The highest BCUT2D eigenvalue weighted by Gasteiger charge is 2.24. The highest BCUT2D eigenvalue weighted by atomic mass is 32.1. The number of piperidine rings is 1. The van der Waals surface area contributed by atoms with Crippen molar-refractivity contribution in [2.45, 2.75) is 25.8 Å². The molecule has 1 aliphatic heterocycles. The molecule has 0 amide bonds. The summed E-state index contributed by atoms with van der Waals surface area (Å²) in [7, 11) is 0. The summed E-state index contributed by atoms with van der Waals surface area (Å²) >= 11 is 1.67. The number of thiazole rings is 1. The lowest BCUT2D eigenvalue weighted by Crippen LogP contribution is -2.39. The van der Waals surface area contributed by atoms with E-state index in [2.05, 4.69) is 30.5 Å². The zero-order valence-electron chi connectivity index (χ0n) is 14.5. The van der Waals surface area contributed by atoms with Gasteiger partial charge in [-0.15, -0.1) is 11.3 Å². The molecule has 0 unspecified atom stereocenters. The number of rotatable bonds is 3. The fourth-order valence-electron chi connectivity index (χ4n) is 3.57. The third kappa shape index (κ3) is 2.68. The van der Waals surface area contributed by atoms with Gasteiger partial charge >= 0.3 is 0 Å². The third-order valence-corrected chi connectivity index (χ3v) is 5.77. The van der Waals surface area contributed by atoms with Gasteiger partial charge in [0.1, 0.15) is 17.4 Å². The zero-order valence-corrected chi connectivity index (χ0v) is 15.3. The molecule has 0 spiro atoms. The zero-order chi connectivity index (χ0) is 17.5. The topological polar surface area (TPSA) is 67.1 Å². The lowest BCUT2D eigenvalue weighted by atomic mass is 10.1. The first-order chi connectivity index (χ1) is 12.8. The highest BCUT2D eigenvalue weighted by Crippen LogP contribution is 2.33. The summed E-state index contributed by atoms with van der Waals surface area (Å²) in [6.07, 6.45) is 3.73. The Bertz CT molecular complexity index is 1060.